The number of fused-ring (bicyclic) bond motifs is 2. The molecule has 2 N–H and O–H groups in total. The molecule has 1 aliphatic rings. The highest BCUT2D eigenvalue weighted by atomic mass is 16.5. The smallest absolute Gasteiger partial charge is 0.265 e. The number of hydrogen-bond donors (Lipinski definition) is 2. The quantitative estimate of drug-likeness (QED) is 0.511. The van der Waals surface area contributed by atoms with Gasteiger partial charge in [0, 0.05) is 17.8 Å². The van der Waals surface area contributed by atoms with Crippen LogP contribution in [-0.2, 0) is 11.3 Å². The van der Waals surface area contributed by atoms with E-state index in [9.17, 15) is 9.59 Å². The zero-order valence-electron chi connectivity index (χ0n) is 17.6. The molecule has 8 heteroatoms. The summed E-state index contributed by atoms with van der Waals surface area (Å²) in [7, 11) is 0. The maximum absolute atomic E-state index is 13.3. The molecule has 0 aliphatic carbocycles. The standard InChI is InChI=1S/C24H21N5O3/c1-3-29-22-18(13-25-29)17(12-19(27-22)15-7-5-4-6-8-15)24(31)26-16-9-10-21-20(11-16)28-23(30)14(2)32-21/h4-14H,3H2,1-2H3,(H,26,31)(H,28,30). The van der Waals surface area contributed by atoms with Gasteiger partial charge >= 0.3 is 0 Å². The van der Waals surface area contributed by atoms with Gasteiger partial charge in [-0.15, -0.1) is 0 Å². The summed E-state index contributed by atoms with van der Waals surface area (Å²) in [5.74, 6) is 0.0508. The average Bonchev–Trinajstić information content (AvgIpc) is 3.23. The van der Waals surface area contributed by atoms with E-state index < -0.39 is 6.10 Å². The Hall–Kier alpha value is -4.20. The maximum Gasteiger partial charge on any atom is 0.265 e. The summed E-state index contributed by atoms with van der Waals surface area (Å²) in [6, 6.07) is 16.6. The Kier molecular flexibility index (Phi) is 4.82. The number of carbonyl (C=O) groups is 2. The fraction of sp³-hybridized carbons (Fsp3) is 0.167. The third kappa shape index (κ3) is 3.45. The number of aromatic nitrogens is 3. The molecule has 2 aromatic carbocycles. The van der Waals surface area contributed by atoms with Gasteiger partial charge in [-0.2, -0.15) is 5.10 Å². The van der Waals surface area contributed by atoms with E-state index in [0.717, 1.165) is 5.56 Å². The van der Waals surface area contributed by atoms with Crippen molar-refractivity contribution in [2.45, 2.75) is 26.5 Å². The van der Waals surface area contributed by atoms with E-state index >= 15 is 0 Å². The lowest BCUT2D eigenvalue weighted by atomic mass is 10.1. The van der Waals surface area contributed by atoms with Gasteiger partial charge in [-0.3, -0.25) is 9.59 Å². The minimum Gasteiger partial charge on any atom is -0.479 e. The molecule has 0 fully saturated rings. The van der Waals surface area contributed by atoms with Crippen LogP contribution in [0.1, 0.15) is 24.2 Å². The molecule has 0 radical (unpaired) electrons. The highest BCUT2D eigenvalue weighted by Gasteiger charge is 2.24. The predicted octanol–water partition coefficient (Wildman–Crippen LogP) is 4.09. The number of pyridine rings is 1. The molecule has 32 heavy (non-hydrogen) atoms. The third-order valence-corrected chi connectivity index (χ3v) is 5.39. The second-order valence-corrected chi connectivity index (χ2v) is 7.53. The van der Waals surface area contributed by atoms with Crippen LogP contribution >= 0.6 is 0 Å². The van der Waals surface area contributed by atoms with Crippen molar-refractivity contribution in [1.29, 1.82) is 0 Å². The van der Waals surface area contributed by atoms with Crippen molar-refractivity contribution in [3.63, 3.8) is 0 Å². The fourth-order valence-electron chi connectivity index (χ4n) is 3.71. The first-order chi connectivity index (χ1) is 15.5. The summed E-state index contributed by atoms with van der Waals surface area (Å²) in [5, 5.41) is 10.8. The van der Waals surface area contributed by atoms with Crippen molar-refractivity contribution in [1.82, 2.24) is 14.8 Å². The highest BCUT2D eigenvalue weighted by molar-refractivity contribution is 6.13. The number of aryl methyl sites for hydroxylation is 1. The van der Waals surface area contributed by atoms with Crippen LogP contribution in [-0.4, -0.2) is 32.7 Å². The van der Waals surface area contributed by atoms with E-state index in [0.29, 0.717) is 46.0 Å². The van der Waals surface area contributed by atoms with E-state index in [4.69, 9.17) is 9.72 Å². The minimum absolute atomic E-state index is 0.226. The van der Waals surface area contributed by atoms with Gasteiger partial charge in [0.05, 0.1) is 28.5 Å². The molecular formula is C24H21N5O3. The number of nitrogens with one attached hydrogen (secondary N) is 2. The van der Waals surface area contributed by atoms with Crippen LogP contribution in [0, 0.1) is 0 Å². The number of nitrogens with zero attached hydrogens (tertiary/aromatic N) is 3. The van der Waals surface area contributed by atoms with Crippen LogP contribution in [0.15, 0.2) is 60.8 Å². The zero-order valence-corrected chi connectivity index (χ0v) is 17.6. The Balaban J connectivity index is 1.53. The molecule has 1 aliphatic heterocycles. The summed E-state index contributed by atoms with van der Waals surface area (Å²) in [4.78, 5) is 30.0. The predicted molar refractivity (Wildman–Crippen MR) is 122 cm³/mol. The van der Waals surface area contributed by atoms with Gasteiger partial charge in [-0.25, -0.2) is 9.67 Å². The maximum atomic E-state index is 13.3. The van der Waals surface area contributed by atoms with Crippen molar-refractivity contribution < 1.29 is 14.3 Å². The molecule has 3 heterocycles. The largest absolute Gasteiger partial charge is 0.479 e. The van der Waals surface area contributed by atoms with E-state index in [2.05, 4.69) is 15.7 Å². The fourth-order valence-corrected chi connectivity index (χ4v) is 3.71. The summed E-state index contributed by atoms with van der Waals surface area (Å²) in [5.41, 5.74) is 3.80. The molecular weight excluding hydrogens is 406 g/mol. The van der Waals surface area contributed by atoms with Crippen molar-refractivity contribution in [3.8, 4) is 17.0 Å². The number of carbonyl (C=O) groups excluding carboxylic acids is 2. The molecule has 0 spiro atoms. The summed E-state index contributed by atoms with van der Waals surface area (Å²) < 4.78 is 7.35. The van der Waals surface area contributed by atoms with Crippen LogP contribution in [0.25, 0.3) is 22.3 Å². The van der Waals surface area contributed by atoms with Gasteiger partial charge in [0.25, 0.3) is 11.8 Å². The Labute approximate surface area is 184 Å². The monoisotopic (exact) mass is 427 g/mol. The van der Waals surface area contributed by atoms with Gasteiger partial charge in [0.15, 0.2) is 11.8 Å². The van der Waals surface area contributed by atoms with Crippen molar-refractivity contribution in [2.75, 3.05) is 10.6 Å². The molecule has 160 valence electrons. The molecule has 2 amide bonds. The SMILES string of the molecule is CCn1ncc2c(C(=O)Nc3ccc4c(c3)NC(=O)C(C)O4)cc(-c3ccccc3)nc21. The molecule has 0 saturated heterocycles. The molecule has 0 saturated carbocycles. The lowest BCUT2D eigenvalue weighted by molar-refractivity contribution is -0.122. The summed E-state index contributed by atoms with van der Waals surface area (Å²) in [6.07, 6.45) is 1.11. The molecule has 1 unspecified atom stereocenters. The minimum atomic E-state index is -0.556. The van der Waals surface area contributed by atoms with Crippen molar-refractivity contribution in [2.24, 2.45) is 0 Å². The Bertz CT molecular complexity index is 1350. The number of benzene rings is 2. The van der Waals surface area contributed by atoms with Crippen molar-refractivity contribution >= 4 is 34.2 Å². The normalized spacial score (nSPS) is 15.1. The first kappa shape index (κ1) is 19.7. The number of amides is 2. The molecule has 0 bridgehead atoms. The number of hydrogen-bond acceptors (Lipinski definition) is 5. The van der Waals surface area contributed by atoms with Crippen LogP contribution in [0.3, 0.4) is 0 Å². The highest BCUT2D eigenvalue weighted by Crippen LogP contribution is 2.33. The molecule has 2 aromatic heterocycles. The van der Waals surface area contributed by atoms with Crippen molar-refractivity contribution in [3.05, 3.63) is 66.4 Å². The number of rotatable bonds is 4. The van der Waals surface area contributed by atoms with Gasteiger partial charge in [-0.05, 0) is 38.1 Å². The molecule has 4 aromatic rings. The summed E-state index contributed by atoms with van der Waals surface area (Å²) >= 11 is 0. The Morgan fingerprint density at radius 2 is 2.00 bits per heavy atom. The first-order valence-corrected chi connectivity index (χ1v) is 10.4. The zero-order chi connectivity index (χ0) is 22.2. The van der Waals surface area contributed by atoms with Crippen LogP contribution in [0.5, 0.6) is 5.75 Å². The summed E-state index contributed by atoms with van der Waals surface area (Å²) in [6.45, 7) is 4.30. The second-order valence-electron chi connectivity index (χ2n) is 7.53. The number of ether oxygens (including phenoxy) is 1. The van der Waals surface area contributed by atoms with E-state index in [-0.39, 0.29) is 11.8 Å². The molecule has 5 rings (SSSR count). The van der Waals surface area contributed by atoms with Gasteiger partial charge in [0.1, 0.15) is 5.75 Å². The van der Waals surface area contributed by atoms with Crippen LogP contribution in [0.4, 0.5) is 11.4 Å². The van der Waals surface area contributed by atoms with Gasteiger partial charge < -0.3 is 15.4 Å². The topological polar surface area (TPSA) is 98.1 Å². The average molecular weight is 427 g/mol. The van der Waals surface area contributed by atoms with Crippen LogP contribution in [0.2, 0.25) is 0 Å². The lowest BCUT2D eigenvalue weighted by Gasteiger charge is -2.23. The van der Waals surface area contributed by atoms with E-state index in [1.807, 2.05) is 37.3 Å². The van der Waals surface area contributed by atoms with Gasteiger partial charge in [-0.1, -0.05) is 30.3 Å². The molecule has 1 atom stereocenters. The Morgan fingerprint density at radius 1 is 1.19 bits per heavy atom. The van der Waals surface area contributed by atoms with Crippen LogP contribution < -0.4 is 15.4 Å². The van der Waals surface area contributed by atoms with E-state index in [1.54, 1.807) is 42.1 Å². The third-order valence-electron chi connectivity index (χ3n) is 5.39. The lowest BCUT2D eigenvalue weighted by Crippen LogP contribution is -2.34. The van der Waals surface area contributed by atoms with E-state index in [1.165, 1.54) is 0 Å². The first-order valence-electron chi connectivity index (χ1n) is 10.4. The van der Waals surface area contributed by atoms with Gasteiger partial charge in [0.2, 0.25) is 0 Å². The molecule has 8 nitrogen and oxygen atoms in total. The Morgan fingerprint density at radius 3 is 2.78 bits per heavy atom. The number of anilines is 2. The second kappa shape index (κ2) is 7.81.